The van der Waals surface area contributed by atoms with Crippen LogP contribution in [0.5, 0.6) is 5.75 Å². The highest BCUT2D eigenvalue weighted by Gasteiger charge is 2.10. The fourth-order valence-electron chi connectivity index (χ4n) is 1.76. The van der Waals surface area contributed by atoms with Crippen LogP contribution in [0, 0.1) is 29.8 Å². The van der Waals surface area contributed by atoms with Crippen molar-refractivity contribution < 1.29 is 17.9 Å². The molecule has 0 atom stereocenters. The summed E-state index contributed by atoms with van der Waals surface area (Å²) in [6, 6.07) is 8.30. The molecule has 2 aromatic carbocycles. The Morgan fingerprint density at radius 1 is 1.05 bits per heavy atom. The number of nitrogens with one attached hydrogen (secondary N) is 1. The van der Waals surface area contributed by atoms with Crippen LogP contribution in [0.15, 0.2) is 36.4 Å². The van der Waals surface area contributed by atoms with Gasteiger partial charge in [-0.25, -0.2) is 13.2 Å². The van der Waals surface area contributed by atoms with Crippen molar-refractivity contribution in [2.24, 2.45) is 0 Å². The van der Waals surface area contributed by atoms with E-state index >= 15 is 0 Å². The highest BCUT2D eigenvalue weighted by Crippen LogP contribution is 2.22. The zero-order valence-electron chi connectivity index (χ0n) is 11.0. The fraction of sp³-hybridized carbons (Fsp3) is 0.125. The van der Waals surface area contributed by atoms with Gasteiger partial charge >= 0.3 is 0 Å². The fourth-order valence-corrected chi connectivity index (χ4v) is 1.76. The summed E-state index contributed by atoms with van der Waals surface area (Å²) < 4.78 is 44.8. The molecule has 0 aliphatic rings. The first-order chi connectivity index (χ1) is 10.1. The van der Waals surface area contributed by atoms with Gasteiger partial charge < -0.3 is 10.1 Å². The zero-order chi connectivity index (χ0) is 15.2. The Bertz CT molecular complexity index is 680. The Hall–Kier alpha value is -2.61. The molecule has 0 bridgehead atoms. The first-order valence-corrected chi connectivity index (χ1v) is 6.14. The molecule has 0 saturated heterocycles. The highest BCUT2D eigenvalue weighted by molar-refractivity contribution is 5.47. The molecule has 108 valence electrons. The van der Waals surface area contributed by atoms with Crippen LogP contribution in [0.2, 0.25) is 0 Å². The minimum atomic E-state index is -1.23. The number of terminal acetylenes is 1. The Balaban J connectivity index is 2.13. The smallest absolute Gasteiger partial charge is 0.161 e. The van der Waals surface area contributed by atoms with Crippen molar-refractivity contribution >= 4 is 5.69 Å². The van der Waals surface area contributed by atoms with Crippen LogP contribution < -0.4 is 10.1 Å². The van der Waals surface area contributed by atoms with Crippen molar-refractivity contribution in [1.29, 1.82) is 0 Å². The topological polar surface area (TPSA) is 21.3 Å². The second-order valence-electron chi connectivity index (χ2n) is 4.20. The van der Waals surface area contributed by atoms with Crippen LogP contribution in [0.25, 0.3) is 0 Å². The molecule has 0 aromatic heterocycles. The molecular formula is C16H12F3NO. The van der Waals surface area contributed by atoms with E-state index in [0.29, 0.717) is 11.8 Å². The first kappa shape index (κ1) is 14.8. The summed E-state index contributed by atoms with van der Waals surface area (Å²) in [5.74, 6) is -0.313. The van der Waals surface area contributed by atoms with Gasteiger partial charge in [-0.2, -0.15) is 0 Å². The molecule has 0 heterocycles. The lowest BCUT2D eigenvalue weighted by Crippen LogP contribution is -2.05. The van der Waals surface area contributed by atoms with E-state index in [1.165, 1.54) is 0 Å². The zero-order valence-corrected chi connectivity index (χ0v) is 11.0. The molecular weight excluding hydrogens is 279 g/mol. The van der Waals surface area contributed by atoms with Crippen LogP contribution in [-0.4, -0.2) is 6.61 Å². The van der Waals surface area contributed by atoms with Gasteiger partial charge in [0.25, 0.3) is 0 Å². The van der Waals surface area contributed by atoms with E-state index in [-0.39, 0.29) is 18.8 Å². The average Bonchev–Trinajstić information content (AvgIpc) is 2.48. The largest absolute Gasteiger partial charge is 0.481 e. The molecule has 0 spiro atoms. The molecule has 0 aliphatic carbocycles. The van der Waals surface area contributed by atoms with Crippen LogP contribution in [0.4, 0.5) is 18.9 Å². The van der Waals surface area contributed by atoms with Crippen LogP contribution >= 0.6 is 0 Å². The van der Waals surface area contributed by atoms with Crippen molar-refractivity contribution in [2.45, 2.75) is 6.54 Å². The summed E-state index contributed by atoms with van der Waals surface area (Å²) in [4.78, 5) is 0. The molecule has 1 N–H and O–H groups in total. The summed E-state index contributed by atoms with van der Waals surface area (Å²) in [6.45, 7) is 0.291. The van der Waals surface area contributed by atoms with Crippen molar-refractivity contribution in [1.82, 2.24) is 0 Å². The number of benzene rings is 2. The summed E-state index contributed by atoms with van der Waals surface area (Å²) in [5, 5.41) is 2.70. The van der Waals surface area contributed by atoms with Crippen molar-refractivity contribution in [3.8, 4) is 18.1 Å². The summed E-state index contributed by atoms with van der Waals surface area (Å²) in [6.07, 6.45) is 5.12. The van der Waals surface area contributed by atoms with Gasteiger partial charge in [0.2, 0.25) is 0 Å². The predicted molar refractivity (Wildman–Crippen MR) is 74.4 cm³/mol. The third-order valence-electron chi connectivity index (χ3n) is 2.76. The Morgan fingerprint density at radius 3 is 2.52 bits per heavy atom. The van der Waals surface area contributed by atoms with E-state index in [4.69, 9.17) is 11.2 Å². The molecule has 0 amide bonds. The molecule has 0 fully saturated rings. The van der Waals surface area contributed by atoms with E-state index in [1.54, 1.807) is 24.3 Å². The molecule has 21 heavy (non-hydrogen) atoms. The standard InChI is InChI=1S/C16H12F3NO/c1-2-7-21-16-6-4-3-5-11(16)10-20-15-9-13(18)12(17)8-14(15)19/h1,3-6,8-9,20H,7,10H2. The van der Waals surface area contributed by atoms with Crippen LogP contribution in [0.1, 0.15) is 5.56 Å². The van der Waals surface area contributed by atoms with Gasteiger partial charge in [-0.1, -0.05) is 24.1 Å². The maximum atomic E-state index is 13.5. The van der Waals surface area contributed by atoms with E-state index < -0.39 is 17.5 Å². The van der Waals surface area contributed by atoms with E-state index in [2.05, 4.69) is 11.2 Å². The molecule has 2 rings (SSSR count). The second kappa shape index (κ2) is 6.71. The number of rotatable bonds is 5. The van der Waals surface area contributed by atoms with Crippen LogP contribution in [-0.2, 0) is 6.54 Å². The molecule has 0 unspecified atom stereocenters. The SMILES string of the molecule is C#CCOc1ccccc1CNc1cc(F)c(F)cc1F. The monoisotopic (exact) mass is 291 g/mol. The second-order valence-corrected chi connectivity index (χ2v) is 4.20. The number of anilines is 1. The lowest BCUT2D eigenvalue weighted by atomic mass is 10.2. The van der Waals surface area contributed by atoms with Gasteiger partial charge in [0.05, 0.1) is 5.69 Å². The van der Waals surface area contributed by atoms with E-state index in [0.717, 1.165) is 11.6 Å². The van der Waals surface area contributed by atoms with Crippen molar-refractivity contribution in [3.63, 3.8) is 0 Å². The Morgan fingerprint density at radius 2 is 1.76 bits per heavy atom. The molecule has 5 heteroatoms. The van der Waals surface area contributed by atoms with Gasteiger partial charge in [0, 0.05) is 24.2 Å². The van der Waals surface area contributed by atoms with E-state index in [1.807, 2.05) is 0 Å². The highest BCUT2D eigenvalue weighted by atomic mass is 19.2. The van der Waals surface area contributed by atoms with Gasteiger partial charge in [0.1, 0.15) is 18.2 Å². The molecule has 2 aromatic rings. The molecule has 0 radical (unpaired) electrons. The molecule has 0 saturated carbocycles. The third-order valence-corrected chi connectivity index (χ3v) is 2.76. The van der Waals surface area contributed by atoms with Gasteiger partial charge in [-0.05, 0) is 6.07 Å². The normalized spacial score (nSPS) is 10.0. The minimum absolute atomic E-state index is 0.108. The number of ether oxygens (including phenoxy) is 1. The first-order valence-electron chi connectivity index (χ1n) is 6.14. The summed E-state index contributed by atoms with van der Waals surface area (Å²) in [7, 11) is 0. The maximum absolute atomic E-state index is 13.5. The Labute approximate surface area is 120 Å². The number of hydrogen-bond donors (Lipinski definition) is 1. The van der Waals surface area contributed by atoms with Crippen molar-refractivity contribution in [3.05, 3.63) is 59.4 Å². The quantitative estimate of drug-likeness (QED) is 0.669. The summed E-state index contributed by atoms with van der Waals surface area (Å²) in [5.41, 5.74) is 0.595. The maximum Gasteiger partial charge on any atom is 0.161 e. The number of halogens is 3. The number of para-hydroxylation sites is 1. The lowest BCUT2D eigenvalue weighted by Gasteiger charge is -2.12. The molecule has 2 nitrogen and oxygen atoms in total. The predicted octanol–water partition coefficient (Wildman–Crippen LogP) is 3.73. The van der Waals surface area contributed by atoms with Crippen molar-refractivity contribution in [2.75, 3.05) is 11.9 Å². The Kier molecular flexibility index (Phi) is 4.72. The van der Waals surface area contributed by atoms with Gasteiger partial charge in [-0.3, -0.25) is 0 Å². The summed E-state index contributed by atoms with van der Waals surface area (Å²) >= 11 is 0. The third kappa shape index (κ3) is 3.69. The van der Waals surface area contributed by atoms with Gasteiger partial charge in [-0.15, -0.1) is 6.42 Å². The average molecular weight is 291 g/mol. The number of hydrogen-bond acceptors (Lipinski definition) is 2. The lowest BCUT2D eigenvalue weighted by molar-refractivity contribution is 0.366. The van der Waals surface area contributed by atoms with E-state index in [9.17, 15) is 13.2 Å². The minimum Gasteiger partial charge on any atom is -0.481 e. The molecule has 0 aliphatic heterocycles. The van der Waals surface area contributed by atoms with Gasteiger partial charge in [0.15, 0.2) is 11.6 Å². The van der Waals surface area contributed by atoms with Crippen LogP contribution in [0.3, 0.4) is 0 Å².